The SMILES string of the molecule is CSC(C)CNc1cc(Cl)nc(C(C)C)n1. The summed E-state index contributed by atoms with van der Waals surface area (Å²) < 4.78 is 0. The van der Waals surface area contributed by atoms with Gasteiger partial charge in [-0.2, -0.15) is 11.8 Å². The highest BCUT2D eigenvalue weighted by atomic mass is 35.5. The van der Waals surface area contributed by atoms with E-state index in [2.05, 4.69) is 42.3 Å². The van der Waals surface area contributed by atoms with Gasteiger partial charge in [0.05, 0.1) is 0 Å². The van der Waals surface area contributed by atoms with Gasteiger partial charge >= 0.3 is 0 Å². The van der Waals surface area contributed by atoms with Crippen molar-refractivity contribution in [2.24, 2.45) is 0 Å². The van der Waals surface area contributed by atoms with Crippen LogP contribution in [0.2, 0.25) is 5.15 Å². The van der Waals surface area contributed by atoms with Crippen molar-refractivity contribution in [1.29, 1.82) is 0 Å². The standard InChI is InChI=1S/C11H18ClN3S/c1-7(2)11-14-9(12)5-10(15-11)13-6-8(3)16-4/h5,7-8H,6H2,1-4H3,(H,13,14,15). The Balaban J connectivity index is 2.72. The lowest BCUT2D eigenvalue weighted by Gasteiger charge is -2.12. The van der Waals surface area contributed by atoms with Gasteiger partial charge in [0.15, 0.2) is 0 Å². The maximum Gasteiger partial charge on any atom is 0.135 e. The molecule has 0 spiro atoms. The molecular weight excluding hydrogens is 242 g/mol. The van der Waals surface area contributed by atoms with Gasteiger partial charge in [0.25, 0.3) is 0 Å². The molecule has 0 aliphatic rings. The van der Waals surface area contributed by atoms with E-state index in [0.29, 0.717) is 10.4 Å². The van der Waals surface area contributed by atoms with Crippen LogP contribution in [0.5, 0.6) is 0 Å². The summed E-state index contributed by atoms with van der Waals surface area (Å²) in [5, 5.41) is 4.33. The topological polar surface area (TPSA) is 37.8 Å². The van der Waals surface area contributed by atoms with E-state index in [1.165, 1.54) is 0 Å². The summed E-state index contributed by atoms with van der Waals surface area (Å²) in [7, 11) is 0. The van der Waals surface area contributed by atoms with Crippen LogP contribution in [0, 0.1) is 0 Å². The van der Waals surface area contributed by atoms with E-state index in [1.54, 1.807) is 6.07 Å². The number of anilines is 1. The molecule has 3 nitrogen and oxygen atoms in total. The molecule has 0 aliphatic carbocycles. The number of nitrogens with one attached hydrogen (secondary N) is 1. The Morgan fingerprint density at radius 2 is 2.06 bits per heavy atom. The fourth-order valence-electron chi connectivity index (χ4n) is 1.12. The highest BCUT2D eigenvalue weighted by Gasteiger charge is 2.07. The summed E-state index contributed by atoms with van der Waals surface area (Å²) in [5.74, 6) is 1.88. The lowest BCUT2D eigenvalue weighted by atomic mass is 10.2. The summed E-state index contributed by atoms with van der Waals surface area (Å²) in [6.07, 6.45) is 2.10. The first-order chi connectivity index (χ1) is 7.52. The second-order valence-corrected chi connectivity index (χ2v) is 5.68. The quantitative estimate of drug-likeness (QED) is 0.823. The molecule has 0 aliphatic heterocycles. The number of halogens is 1. The molecule has 1 heterocycles. The molecule has 0 aromatic carbocycles. The molecule has 0 amide bonds. The average Bonchev–Trinajstić information content (AvgIpc) is 2.25. The Kier molecular flexibility index (Phi) is 5.35. The Morgan fingerprint density at radius 3 is 2.62 bits per heavy atom. The fourth-order valence-corrected chi connectivity index (χ4v) is 1.56. The summed E-state index contributed by atoms with van der Waals surface area (Å²) >= 11 is 7.77. The molecule has 1 atom stereocenters. The molecule has 90 valence electrons. The van der Waals surface area contributed by atoms with Crippen molar-refractivity contribution in [2.75, 3.05) is 18.1 Å². The van der Waals surface area contributed by atoms with Crippen LogP contribution in [-0.4, -0.2) is 28.0 Å². The summed E-state index contributed by atoms with van der Waals surface area (Å²) in [4.78, 5) is 8.61. The second-order valence-electron chi connectivity index (χ2n) is 4.02. The molecule has 1 aromatic rings. The van der Waals surface area contributed by atoms with Gasteiger partial charge in [-0.25, -0.2) is 9.97 Å². The van der Waals surface area contributed by atoms with E-state index in [-0.39, 0.29) is 5.92 Å². The van der Waals surface area contributed by atoms with Crippen molar-refractivity contribution < 1.29 is 0 Å². The van der Waals surface area contributed by atoms with Crippen molar-refractivity contribution in [3.8, 4) is 0 Å². The minimum Gasteiger partial charge on any atom is -0.369 e. The van der Waals surface area contributed by atoms with Crippen LogP contribution < -0.4 is 5.32 Å². The van der Waals surface area contributed by atoms with Gasteiger partial charge in [-0.1, -0.05) is 32.4 Å². The van der Waals surface area contributed by atoms with Crippen LogP contribution in [0.3, 0.4) is 0 Å². The zero-order valence-corrected chi connectivity index (χ0v) is 11.7. The van der Waals surface area contributed by atoms with Crippen LogP contribution in [0.4, 0.5) is 5.82 Å². The average molecular weight is 260 g/mol. The molecule has 0 radical (unpaired) electrons. The first-order valence-corrected chi connectivity index (χ1v) is 7.00. The van der Waals surface area contributed by atoms with Crippen molar-refractivity contribution in [3.05, 3.63) is 17.0 Å². The Hall–Kier alpha value is -0.480. The van der Waals surface area contributed by atoms with Crippen LogP contribution in [0.25, 0.3) is 0 Å². The summed E-state index contributed by atoms with van der Waals surface area (Å²) in [5.41, 5.74) is 0. The van der Waals surface area contributed by atoms with Gasteiger partial charge < -0.3 is 5.32 Å². The van der Waals surface area contributed by atoms with Gasteiger partial charge in [0, 0.05) is 23.8 Å². The Labute approximate surface area is 106 Å². The second kappa shape index (κ2) is 6.30. The lowest BCUT2D eigenvalue weighted by Crippen LogP contribution is -2.14. The minimum atomic E-state index is 0.289. The Morgan fingerprint density at radius 1 is 1.38 bits per heavy atom. The molecule has 0 fully saturated rings. The van der Waals surface area contributed by atoms with E-state index in [0.717, 1.165) is 18.2 Å². The van der Waals surface area contributed by atoms with Gasteiger partial charge in [-0.15, -0.1) is 0 Å². The van der Waals surface area contributed by atoms with E-state index < -0.39 is 0 Å². The molecule has 0 bridgehead atoms. The normalized spacial score (nSPS) is 12.9. The third kappa shape index (κ3) is 4.18. The number of aromatic nitrogens is 2. The van der Waals surface area contributed by atoms with Crippen molar-refractivity contribution in [1.82, 2.24) is 9.97 Å². The molecule has 1 aromatic heterocycles. The smallest absolute Gasteiger partial charge is 0.135 e. The monoisotopic (exact) mass is 259 g/mol. The van der Waals surface area contributed by atoms with Crippen molar-refractivity contribution >= 4 is 29.2 Å². The highest BCUT2D eigenvalue weighted by Crippen LogP contribution is 2.17. The molecule has 1 rings (SSSR count). The Bertz CT molecular complexity index is 344. The number of nitrogens with zero attached hydrogens (tertiary/aromatic N) is 2. The molecule has 1 unspecified atom stereocenters. The maximum absolute atomic E-state index is 5.95. The molecule has 5 heteroatoms. The van der Waals surface area contributed by atoms with Crippen LogP contribution >= 0.6 is 23.4 Å². The van der Waals surface area contributed by atoms with Gasteiger partial charge in [-0.3, -0.25) is 0 Å². The maximum atomic E-state index is 5.95. The molecular formula is C11H18ClN3S. The van der Waals surface area contributed by atoms with Crippen LogP contribution in [0.15, 0.2) is 6.07 Å². The third-order valence-corrected chi connectivity index (χ3v) is 3.37. The molecule has 0 saturated carbocycles. The predicted molar refractivity (Wildman–Crippen MR) is 72.6 cm³/mol. The first-order valence-electron chi connectivity index (χ1n) is 5.34. The van der Waals surface area contributed by atoms with E-state index in [1.807, 2.05) is 11.8 Å². The van der Waals surface area contributed by atoms with Crippen molar-refractivity contribution in [2.45, 2.75) is 31.9 Å². The first kappa shape index (κ1) is 13.6. The number of thioether (sulfide) groups is 1. The highest BCUT2D eigenvalue weighted by molar-refractivity contribution is 7.99. The third-order valence-electron chi connectivity index (χ3n) is 2.20. The van der Waals surface area contributed by atoms with E-state index >= 15 is 0 Å². The van der Waals surface area contributed by atoms with Crippen LogP contribution in [0.1, 0.15) is 32.5 Å². The number of rotatable bonds is 5. The number of hydrogen-bond donors (Lipinski definition) is 1. The minimum absolute atomic E-state index is 0.289. The van der Waals surface area contributed by atoms with Gasteiger partial charge in [-0.05, 0) is 6.26 Å². The lowest BCUT2D eigenvalue weighted by molar-refractivity contribution is 0.774. The predicted octanol–water partition coefficient (Wildman–Crippen LogP) is 3.42. The molecule has 1 N–H and O–H groups in total. The fraction of sp³-hybridized carbons (Fsp3) is 0.636. The molecule has 0 saturated heterocycles. The zero-order valence-electron chi connectivity index (χ0n) is 10.1. The largest absolute Gasteiger partial charge is 0.369 e. The van der Waals surface area contributed by atoms with Crippen LogP contribution in [-0.2, 0) is 0 Å². The summed E-state index contributed by atoms with van der Waals surface area (Å²) in [6, 6.07) is 1.76. The summed E-state index contributed by atoms with van der Waals surface area (Å²) in [6.45, 7) is 7.16. The van der Waals surface area contributed by atoms with E-state index in [4.69, 9.17) is 11.6 Å². The van der Waals surface area contributed by atoms with Crippen molar-refractivity contribution in [3.63, 3.8) is 0 Å². The molecule has 16 heavy (non-hydrogen) atoms. The van der Waals surface area contributed by atoms with E-state index in [9.17, 15) is 0 Å². The van der Waals surface area contributed by atoms with Gasteiger partial charge in [0.2, 0.25) is 0 Å². The zero-order chi connectivity index (χ0) is 12.1. The number of hydrogen-bond acceptors (Lipinski definition) is 4. The van der Waals surface area contributed by atoms with Gasteiger partial charge in [0.1, 0.15) is 16.8 Å².